The van der Waals surface area contributed by atoms with E-state index in [0.29, 0.717) is 58.8 Å². The molecule has 3 fully saturated rings. The highest BCUT2D eigenvalue weighted by Gasteiger charge is 2.62. The molecule has 2 aliphatic carbocycles. The summed E-state index contributed by atoms with van der Waals surface area (Å²) in [4.78, 5) is 67.4. The molecular formula is C38H46N6O8S2. The van der Waals surface area contributed by atoms with Crippen LogP contribution in [0.5, 0.6) is 11.5 Å². The van der Waals surface area contributed by atoms with Crippen LogP contribution < -0.4 is 19.5 Å². The molecule has 7 rings (SSSR count). The predicted octanol–water partition coefficient (Wildman–Crippen LogP) is 3.83. The van der Waals surface area contributed by atoms with Crippen molar-refractivity contribution >= 4 is 55.9 Å². The van der Waals surface area contributed by atoms with Gasteiger partial charge in [-0.2, -0.15) is 0 Å². The van der Waals surface area contributed by atoms with Crippen molar-refractivity contribution < 1.29 is 37.1 Å². The van der Waals surface area contributed by atoms with Crippen LogP contribution in [0.4, 0.5) is 0 Å². The molecule has 4 atom stereocenters. The largest absolute Gasteiger partial charge is 0.496 e. The fraction of sp³-hybridized carbons (Fsp3) is 0.526. The highest BCUT2D eigenvalue weighted by Crippen LogP contribution is 2.46. The van der Waals surface area contributed by atoms with Gasteiger partial charge in [0.25, 0.3) is 5.91 Å². The number of allylic oxidation sites excluding steroid dienone is 1. The maximum atomic E-state index is 14.3. The van der Waals surface area contributed by atoms with Gasteiger partial charge in [-0.15, -0.1) is 11.3 Å². The number of thiazole rings is 1. The number of nitrogens with zero attached hydrogens (tertiary/aromatic N) is 4. The van der Waals surface area contributed by atoms with Crippen LogP contribution in [0.3, 0.4) is 0 Å². The molecular weight excluding hydrogens is 733 g/mol. The van der Waals surface area contributed by atoms with E-state index in [1.807, 2.05) is 36.6 Å². The number of carbonyl (C=O) groups excluding carboxylic acids is 4. The van der Waals surface area contributed by atoms with E-state index in [2.05, 4.69) is 23.9 Å². The summed E-state index contributed by atoms with van der Waals surface area (Å²) in [5.74, 6) is -1.12. The van der Waals surface area contributed by atoms with Gasteiger partial charge in [0.2, 0.25) is 27.7 Å². The first-order valence-electron chi connectivity index (χ1n) is 18.4. The van der Waals surface area contributed by atoms with E-state index >= 15 is 0 Å². The first-order chi connectivity index (χ1) is 25.7. The van der Waals surface area contributed by atoms with E-state index in [4.69, 9.17) is 19.4 Å². The number of nitrogens with one attached hydrogen (secondary N) is 2. The summed E-state index contributed by atoms with van der Waals surface area (Å²) in [5, 5.41) is 5.69. The van der Waals surface area contributed by atoms with E-state index in [0.717, 1.165) is 11.3 Å². The Morgan fingerprint density at radius 2 is 1.91 bits per heavy atom. The molecule has 4 amide bonds. The number of aromatic nitrogens is 2. The number of methoxy groups -OCH3 is 1. The van der Waals surface area contributed by atoms with E-state index in [-0.39, 0.29) is 44.2 Å². The molecule has 54 heavy (non-hydrogen) atoms. The standard InChI is InChI=1S/C38H46N6O8S2/c1-21(2)28-20-53-36(40-28)27-16-31(26-13-14-30(51-5)22(3)34(26)39-27)52-24-15-29-35(47)41-38(37(48)42-54(49,50)25-11-12-25)17-23(38)9-7-6-8-10-32(45)43(4)19-33(46)44(29)18-24/h7,9,13-14,16,20-21,23-25,29H,6,8,10-12,15,17-19H2,1-5H3,(H,41,47)(H,42,48)/t23-,24-,29+,38-/m1/s1. The molecule has 4 heterocycles. The van der Waals surface area contributed by atoms with Crippen molar-refractivity contribution in [1.29, 1.82) is 0 Å². The van der Waals surface area contributed by atoms with Gasteiger partial charge in [-0.05, 0) is 57.1 Å². The third-order valence-corrected chi connectivity index (χ3v) is 13.5. The zero-order valence-electron chi connectivity index (χ0n) is 31.1. The van der Waals surface area contributed by atoms with Crippen LogP contribution in [-0.4, -0.2) is 102 Å². The summed E-state index contributed by atoms with van der Waals surface area (Å²) in [7, 11) is -0.727. The molecule has 2 aliphatic heterocycles. The second-order valence-electron chi connectivity index (χ2n) is 15.1. The molecule has 0 spiro atoms. The number of sulfonamides is 1. The molecule has 14 nitrogen and oxygen atoms in total. The van der Waals surface area contributed by atoms with Crippen molar-refractivity contribution in [2.24, 2.45) is 5.92 Å². The molecule has 3 aromatic rings. The third-order valence-electron chi connectivity index (χ3n) is 10.8. The number of aryl methyl sites for hydroxylation is 1. The summed E-state index contributed by atoms with van der Waals surface area (Å²) in [6, 6.07) is 4.46. The highest BCUT2D eigenvalue weighted by atomic mass is 32.2. The summed E-state index contributed by atoms with van der Waals surface area (Å²) in [5.41, 5.74) is 1.52. The summed E-state index contributed by atoms with van der Waals surface area (Å²) < 4.78 is 40.1. The van der Waals surface area contributed by atoms with Crippen molar-refractivity contribution in [3.63, 3.8) is 0 Å². The minimum atomic E-state index is -3.88. The van der Waals surface area contributed by atoms with E-state index < -0.39 is 56.6 Å². The molecule has 2 N–H and O–H groups in total. The second-order valence-corrected chi connectivity index (χ2v) is 17.9. The minimum absolute atomic E-state index is 0.0283. The first kappa shape index (κ1) is 37.7. The third kappa shape index (κ3) is 7.41. The Morgan fingerprint density at radius 1 is 1.13 bits per heavy atom. The molecule has 288 valence electrons. The molecule has 0 unspecified atom stereocenters. The monoisotopic (exact) mass is 778 g/mol. The minimum Gasteiger partial charge on any atom is -0.496 e. The smallest absolute Gasteiger partial charge is 0.259 e. The molecule has 2 saturated carbocycles. The average Bonchev–Trinajstić information content (AvgIpc) is 4.00. The van der Waals surface area contributed by atoms with Gasteiger partial charge < -0.3 is 24.6 Å². The Bertz CT molecular complexity index is 2150. The average molecular weight is 779 g/mol. The number of benzene rings is 1. The van der Waals surface area contributed by atoms with Gasteiger partial charge >= 0.3 is 0 Å². The Balaban J connectivity index is 1.22. The van der Waals surface area contributed by atoms with Crippen LogP contribution in [-0.2, 0) is 29.2 Å². The van der Waals surface area contributed by atoms with Crippen molar-refractivity contribution in [2.45, 2.75) is 94.6 Å². The molecule has 16 heteroatoms. The van der Waals surface area contributed by atoms with Gasteiger partial charge in [-0.3, -0.25) is 23.9 Å². The van der Waals surface area contributed by atoms with E-state index in [1.54, 1.807) is 20.2 Å². The number of pyridine rings is 1. The number of amides is 4. The number of hydrogen-bond donors (Lipinski definition) is 2. The lowest BCUT2D eigenvalue weighted by Gasteiger charge is -2.28. The predicted molar refractivity (Wildman–Crippen MR) is 202 cm³/mol. The summed E-state index contributed by atoms with van der Waals surface area (Å²) in [6.45, 7) is 5.84. The van der Waals surface area contributed by atoms with E-state index in [1.165, 1.54) is 21.1 Å². The second kappa shape index (κ2) is 14.6. The van der Waals surface area contributed by atoms with Crippen molar-refractivity contribution in [3.05, 3.63) is 47.0 Å². The van der Waals surface area contributed by atoms with Gasteiger partial charge in [-0.25, -0.2) is 18.4 Å². The summed E-state index contributed by atoms with van der Waals surface area (Å²) in [6.07, 6.45) is 5.51. The Hall–Kier alpha value is -4.57. The topological polar surface area (TPSA) is 177 Å². The summed E-state index contributed by atoms with van der Waals surface area (Å²) >= 11 is 1.48. The quantitative estimate of drug-likeness (QED) is 0.320. The lowest BCUT2D eigenvalue weighted by Crippen LogP contribution is -2.57. The first-order valence-corrected chi connectivity index (χ1v) is 20.8. The number of ether oxygens (including phenoxy) is 2. The molecule has 1 aromatic carbocycles. The number of hydrogen-bond acceptors (Lipinski definition) is 11. The molecule has 1 saturated heterocycles. The fourth-order valence-electron chi connectivity index (χ4n) is 7.23. The van der Waals surface area contributed by atoms with Crippen LogP contribution >= 0.6 is 11.3 Å². The number of rotatable bonds is 8. The van der Waals surface area contributed by atoms with Gasteiger partial charge in [0.05, 0.1) is 36.7 Å². The van der Waals surface area contributed by atoms with Crippen LogP contribution in [0.2, 0.25) is 0 Å². The highest BCUT2D eigenvalue weighted by molar-refractivity contribution is 7.91. The van der Waals surface area contributed by atoms with Crippen LogP contribution in [0.25, 0.3) is 21.6 Å². The maximum absolute atomic E-state index is 14.3. The van der Waals surface area contributed by atoms with Crippen LogP contribution in [0.1, 0.15) is 76.0 Å². The lowest BCUT2D eigenvalue weighted by atomic mass is 10.1. The zero-order chi connectivity index (χ0) is 38.5. The Kier molecular flexibility index (Phi) is 10.2. The lowest BCUT2D eigenvalue weighted by molar-refractivity contribution is -0.143. The maximum Gasteiger partial charge on any atom is 0.259 e. The molecule has 4 aliphatic rings. The normalized spacial score (nSPS) is 25.1. The Morgan fingerprint density at radius 3 is 2.61 bits per heavy atom. The fourth-order valence-corrected chi connectivity index (χ4v) is 9.54. The van der Waals surface area contributed by atoms with E-state index in [9.17, 15) is 27.6 Å². The van der Waals surface area contributed by atoms with Crippen molar-refractivity contribution in [3.8, 4) is 22.2 Å². The Labute approximate surface area is 318 Å². The van der Waals surface area contributed by atoms with Crippen LogP contribution in [0.15, 0.2) is 35.7 Å². The number of carbonyl (C=O) groups is 4. The van der Waals surface area contributed by atoms with Crippen molar-refractivity contribution in [2.75, 3.05) is 27.2 Å². The number of likely N-dealkylation sites (N-methyl/N-ethyl adjacent to an activating group) is 1. The SMILES string of the molecule is COc1ccc2c(O[C@@H]3C[C@H]4C(=O)N[C@]5(C(=O)NS(=O)(=O)C6CC6)C[C@H]5C=CCCCC(=O)N(C)CC(=O)N4C3)cc(-c3nc(C(C)C)cs3)nc2c1C. The molecule has 2 aromatic heterocycles. The van der Waals surface area contributed by atoms with Gasteiger partial charge in [0.1, 0.15) is 39.9 Å². The zero-order valence-corrected chi connectivity index (χ0v) is 32.7. The number of fused-ring (bicyclic) bond motifs is 3. The van der Waals surface area contributed by atoms with Crippen molar-refractivity contribution in [1.82, 2.24) is 29.8 Å². The molecule has 0 bridgehead atoms. The van der Waals surface area contributed by atoms with Crippen LogP contribution in [0, 0.1) is 12.8 Å². The van der Waals surface area contributed by atoms with Gasteiger partial charge in [-0.1, -0.05) is 26.0 Å². The van der Waals surface area contributed by atoms with Gasteiger partial charge in [0, 0.05) is 48.2 Å². The van der Waals surface area contributed by atoms with Gasteiger partial charge in [0.15, 0.2) is 0 Å². The molecule has 0 radical (unpaired) electrons.